The molecule has 8 heteroatoms. The first kappa shape index (κ1) is 28.6. The maximum atomic E-state index is 13.7. The molecule has 7 nitrogen and oxygen atoms in total. The Morgan fingerprint density at radius 1 is 0.900 bits per heavy atom. The van der Waals surface area contributed by atoms with E-state index < -0.39 is 0 Å². The SMILES string of the molecule is CC(=O)N1CCC(C(=O)N(CCCN2CC3CN(C(=O)c4ccccc4C)CC3C2)c2ccc(C)c(Cl)c2)CC1. The number of hydrogen-bond donors (Lipinski definition) is 0. The molecule has 0 saturated carbocycles. The van der Waals surface area contributed by atoms with E-state index in [4.69, 9.17) is 11.6 Å². The maximum absolute atomic E-state index is 13.7. The third kappa shape index (κ3) is 6.21. The Morgan fingerprint density at radius 3 is 2.20 bits per heavy atom. The lowest BCUT2D eigenvalue weighted by Gasteiger charge is -2.34. The van der Waals surface area contributed by atoms with E-state index in [9.17, 15) is 14.4 Å². The third-order valence-electron chi connectivity index (χ3n) is 9.10. The summed E-state index contributed by atoms with van der Waals surface area (Å²) in [4.78, 5) is 46.9. The van der Waals surface area contributed by atoms with Crippen LogP contribution in [0.1, 0.15) is 47.7 Å². The van der Waals surface area contributed by atoms with E-state index in [1.807, 2.05) is 71.0 Å². The van der Waals surface area contributed by atoms with Gasteiger partial charge in [-0.05, 0) is 80.8 Å². The molecular weight excluding hydrogens is 524 g/mol. The Hall–Kier alpha value is -2.90. The van der Waals surface area contributed by atoms with Gasteiger partial charge in [0.25, 0.3) is 5.91 Å². The summed E-state index contributed by atoms with van der Waals surface area (Å²) in [5.41, 5.74) is 3.68. The predicted octanol–water partition coefficient (Wildman–Crippen LogP) is 4.64. The van der Waals surface area contributed by atoms with E-state index in [0.717, 1.165) is 61.5 Å². The van der Waals surface area contributed by atoms with Gasteiger partial charge in [-0.3, -0.25) is 14.4 Å². The molecule has 3 aliphatic heterocycles. The van der Waals surface area contributed by atoms with E-state index in [1.165, 1.54) is 0 Å². The lowest BCUT2D eigenvalue weighted by Crippen LogP contribution is -2.44. The Morgan fingerprint density at radius 2 is 1.57 bits per heavy atom. The highest BCUT2D eigenvalue weighted by atomic mass is 35.5. The average molecular weight is 565 g/mol. The number of fused-ring (bicyclic) bond motifs is 1. The van der Waals surface area contributed by atoms with E-state index in [2.05, 4.69) is 4.90 Å². The van der Waals surface area contributed by atoms with Gasteiger partial charge in [-0.1, -0.05) is 35.9 Å². The van der Waals surface area contributed by atoms with Gasteiger partial charge in [-0.2, -0.15) is 0 Å². The minimum atomic E-state index is -0.0846. The topological polar surface area (TPSA) is 64.2 Å². The van der Waals surface area contributed by atoms with Crippen molar-refractivity contribution in [2.45, 2.75) is 40.0 Å². The summed E-state index contributed by atoms with van der Waals surface area (Å²) in [5.74, 6) is 1.29. The fraction of sp³-hybridized carbons (Fsp3) is 0.531. The van der Waals surface area contributed by atoms with Gasteiger partial charge in [0.05, 0.1) is 0 Å². The number of nitrogens with zero attached hydrogens (tertiary/aromatic N) is 4. The fourth-order valence-electron chi connectivity index (χ4n) is 6.65. The van der Waals surface area contributed by atoms with Crippen molar-refractivity contribution in [2.24, 2.45) is 17.8 Å². The molecule has 0 bridgehead atoms. The van der Waals surface area contributed by atoms with Gasteiger partial charge in [0.1, 0.15) is 0 Å². The third-order valence-corrected chi connectivity index (χ3v) is 9.51. The van der Waals surface area contributed by atoms with Crippen LogP contribution in [-0.4, -0.2) is 84.8 Å². The zero-order valence-electron chi connectivity index (χ0n) is 23.9. The highest BCUT2D eigenvalue weighted by molar-refractivity contribution is 6.31. The molecule has 40 heavy (non-hydrogen) atoms. The summed E-state index contributed by atoms with van der Waals surface area (Å²) in [7, 11) is 0. The van der Waals surface area contributed by atoms with Crippen molar-refractivity contribution in [1.29, 1.82) is 0 Å². The number of halogens is 1. The minimum Gasteiger partial charge on any atom is -0.343 e. The first-order chi connectivity index (χ1) is 19.2. The second-order valence-corrected chi connectivity index (χ2v) is 12.3. The number of piperidine rings is 1. The van der Waals surface area contributed by atoms with E-state index in [0.29, 0.717) is 49.3 Å². The Kier molecular flexibility index (Phi) is 8.81. The van der Waals surface area contributed by atoms with Crippen LogP contribution in [0.5, 0.6) is 0 Å². The molecule has 2 atom stereocenters. The zero-order chi connectivity index (χ0) is 28.4. The van der Waals surface area contributed by atoms with Gasteiger partial charge in [-0.15, -0.1) is 0 Å². The van der Waals surface area contributed by atoms with Crippen LogP contribution in [0.25, 0.3) is 0 Å². The largest absolute Gasteiger partial charge is 0.343 e. The van der Waals surface area contributed by atoms with Gasteiger partial charge < -0.3 is 19.6 Å². The zero-order valence-corrected chi connectivity index (χ0v) is 24.7. The van der Waals surface area contributed by atoms with Crippen LogP contribution in [0, 0.1) is 31.6 Å². The first-order valence-corrected chi connectivity index (χ1v) is 15.0. The molecule has 5 rings (SSSR count). The number of carbonyl (C=O) groups is 3. The number of carbonyl (C=O) groups excluding carboxylic acids is 3. The predicted molar refractivity (Wildman–Crippen MR) is 159 cm³/mol. The monoisotopic (exact) mass is 564 g/mol. The summed E-state index contributed by atoms with van der Waals surface area (Å²) in [6.45, 7) is 12.0. The van der Waals surface area contributed by atoms with Gasteiger partial charge in [0.15, 0.2) is 0 Å². The molecular formula is C32H41ClN4O3. The van der Waals surface area contributed by atoms with Crippen LogP contribution in [0.3, 0.4) is 0 Å². The first-order valence-electron chi connectivity index (χ1n) is 14.6. The number of amides is 3. The standard InChI is InChI=1S/C32H41ClN4O3/c1-22-7-4-5-8-29(22)32(40)36-20-26-18-34(19-27(26)21-36)13-6-14-37(28-10-9-23(2)30(33)17-28)31(39)25-11-15-35(16-12-25)24(3)38/h4-5,7-10,17,25-27H,6,11-16,18-21H2,1-3H3. The molecule has 0 spiro atoms. The second kappa shape index (κ2) is 12.3. The molecule has 2 unspecified atom stereocenters. The van der Waals surface area contributed by atoms with Crippen molar-refractivity contribution in [3.8, 4) is 0 Å². The summed E-state index contributed by atoms with van der Waals surface area (Å²) in [6.07, 6.45) is 2.26. The molecule has 0 aliphatic carbocycles. The van der Waals surface area contributed by atoms with Crippen molar-refractivity contribution in [1.82, 2.24) is 14.7 Å². The van der Waals surface area contributed by atoms with Gasteiger partial charge in [0.2, 0.25) is 11.8 Å². The number of hydrogen-bond acceptors (Lipinski definition) is 4. The van der Waals surface area contributed by atoms with Gasteiger partial charge in [0, 0.05) is 74.9 Å². The molecule has 3 saturated heterocycles. The van der Waals surface area contributed by atoms with E-state index in [-0.39, 0.29) is 23.6 Å². The molecule has 0 radical (unpaired) electrons. The molecule has 0 N–H and O–H groups in total. The number of anilines is 1. The van der Waals surface area contributed by atoms with Crippen LogP contribution in [0.2, 0.25) is 5.02 Å². The average Bonchev–Trinajstić information content (AvgIpc) is 3.51. The maximum Gasteiger partial charge on any atom is 0.254 e. The van der Waals surface area contributed by atoms with E-state index >= 15 is 0 Å². The Bertz CT molecular complexity index is 1240. The fourth-order valence-corrected chi connectivity index (χ4v) is 6.83. The minimum absolute atomic E-state index is 0.0751. The van der Waals surface area contributed by atoms with Gasteiger partial charge in [-0.25, -0.2) is 0 Å². The molecule has 2 aromatic carbocycles. The lowest BCUT2D eigenvalue weighted by atomic mass is 9.94. The lowest BCUT2D eigenvalue weighted by molar-refractivity contribution is -0.133. The second-order valence-electron chi connectivity index (χ2n) is 11.9. The molecule has 3 fully saturated rings. The molecule has 3 aliphatic rings. The van der Waals surface area contributed by atoms with Crippen LogP contribution in [0.15, 0.2) is 42.5 Å². The number of likely N-dealkylation sites (tertiary alicyclic amines) is 3. The molecule has 3 heterocycles. The smallest absolute Gasteiger partial charge is 0.254 e. The van der Waals surface area contributed by atoms with Crippen LogP contribution >= 0.6 is 11.6 Å². The highest BCUT2D eigenvalue weighted by Crippen LogP contribution is 2.33. The summed E-state index contributed by atoms with van der Waals surface area (Å²) < 4.78 is 0. The Labute approximate surface area is 243 Å². The van der Waals surface area contributed by atoms with E-state index in [1.54, 1.807) is 6.92 Å². The highest BCUT2D eigenvalue weighted by Gasteiger charge is 2.41. The quantitative estimate of drug-likeness (QED) is 0.491. The number of benzene rings is 2. The van der Waals surface area contributed by atoms with Crippen molar-refractivity contribution in [3.05, 3.63) is 64.2 Å². The molecule has 0 aromatic heterocycles. The molecule has 3 amide bonds. The normalized spacial score (nSPS) is 21.5. The van der Waals surface area contributed by atoms with Gasteiger partial charge >= 0.3 is 0 Å². The van der Waals surface area contributed by atoms with Crippen LogP contribution in [-0.2, 0) is 9.59 Å². The van der Waals surface area contributed by atoms with Crippen LogP contribution in [0.4, 0.5) is 5.69 Å². The molecule has 2 aromatic rings. The van der Waals surface area contributed by atoms with Crippen molar-refractivity contribution in [3.63, 3.8) is 0 Å². The number of rotatable bonds is 7. The number of aryl methyl sites for hydroxylation is 2. The molecule has 214 valence electrons. The Balaban J connectivity index is 1.16. The van der Waals surface area contributed by atoms with Crippen LogP contribution < -0.4 is 4.90 Å². The summed E-state index contributed by atoms with van der Waals surface area (Å²) in [5, 5.41) is 0.666. The summed E-state index contributed by atoms with van der Waals surface area (Å²) >= 11 is 6.46. The van der Waals surface area contributed by atoms with Crippen molar-refractivity contribution in [2.75, 3.05) is 57.3 Å². The van der Waals surface area contributed by atoms with Crippen molar-refractivity contribution < 1.29 is 14.4 Å². The van der Waals surface area contributed by atoms with Crippen molar-refractivity contribution >= 4 is 35.0 Å². The summed E-state index contributed by atoms with van der Waals surface area (Å²) in [6, 6.07) is 13.7.